The van der Waals surface area contributed by atoms with Gasteiger partial charge in [-0.05, 0) is 29.7 Å². The molecule has 2 heterocycles. The molecular weight excluding hydrogens is 481 g/mol. The number of rotatable bonds is 6. The molecule has 33 heavy (non-hydrogen) atoms. The highest BCUT2D eigenvalue weighted by atomic mass is 32.2. The third-order valence-electron chi connectivity index (χ3n) is 5.38. The maximum atomic E-state index is 13.3. The molecule has 1 aromatic carbocycles. The van der Waals surface area contributed by atoms with Gasteiger partial charge in [0.1, 0.15) is 5.82 Å². The lowest BCUT2D eigenvalue weighted by Gasteiger charge is -2.41. The number of carbonyl (C=O) groups excluding carboxylic acids is 1. The molecule has 184 valence electrons. The van der Waals surface area contributed by atoms with Gasteiger partial charge in [0.05, 0.1) is 6.54 Å². The predicted molar refractivity (Wildman–Crippen MR) is 116 cm³/mol. The van der Waals surface area contributed by atoms with Crippen molar-refractivity contribution >= 4 is 32.1 Å². The number of nitrogens with one attached hydrogen (secondary N) is 1. The Bertz CT molecular complexity index is 1110. The van der Waals surface area contributed by atoms with Crippen molar-refractivity contribution in [3.05, 3.63) is 41.7 Å². The molecule has 1 aromatic rings. The molecule has 2 aliphatic rings. The molecule has 0 bridgehead atoms. The highest BCUT2D eigenvalue weighted by Crippen LogP contribution is 2.27. The molecule has 2 N–H and O–H groups in total. The number of amides is 1. The minimum Gasteiger partial charge on any atom is -0.426 e. The van der Waals surface area contributed by atoms with E-state index in [0.29, 0.717) is 6.42 Å². The van der Waals surface area contributed by atoms with Gasteiger partial charge in [-0.3, -0.25) is 5.21 Å². The first-order valence-electron chi connectivity index (χ1n) is 9.97. The van der Waals surface area contributed by atoms with Crippen LogP contribution in [-0.2, 0) is 25.2 Å². The fourth-order valence-corrected chi connectivity index (χ4v) is 6.29. The molecule has 12 nitrogen and oxygen atoms in total. The third kappa shape index (κ3) is 5.51. The molecular formula is C18H26FN5O7S2. The maximum absolute atomic E-state index is 13.3. The first-order chi connectivity index (χ1) is 15.5. The Morgan fingerprint density at radius 3 is 2.33 bits per heavy atom. The maximum Gasteiger partial charge on any atom is 0.432 e. The Morgan fingerprint density at radius 1 is 1.12 bits per heavy atom. The van der Waals surface area contributed by atoms with E-state index < -0.39 is 39.3 Å². The number of nitrogens with zero attached hydrogens (tertiary/aromatic N) is 4. The van der Waals surface area contributed by atoms with Gasteiger partial charge in [0.15, 0.2) is 6.23 Å². The zero-order valence-electron chi connectivity index (χ0n) is 18.1. The van der Waals surface area contributed by atoms with Crippen molar-refractivity contribution in [2.75, 3.05) is 46.8 Å². The van der Waals surface area contributed by atoms with Crippen molar-refractivity contribution in [1.82, 2.24) is 22.7 Å². The lowest BCUT2D eigenvalue weighted by molar-refractivity contribution is -0.0200. The molecule has 2 aliphatic heterocycles. The summed E-state index contributed by atoms with van der Waals surface area (Å²) in [7, 11) is -5.38. The van der Waals surface area contributed by atoms with Gasteiger partial charge in [-0.25, -0.2) is 14.7 Å². The summed E-state index contributed by atoms with van der Waals surface area (Å²) < 4.78 is 73.8. The Morgan fingerprint density at radius 2 is 1.79 bits per heavy atom. The topological polar surface area (TPSA) is 140 Å². The van der Waals surface area contributed by atoms with E-state index in [0.717, 1.165) is 24.1 Å². The molecule has 0 saturated carbocycles. The molecule has 0 unspecified atom stereocenters. The monoisotopic (exact) mass is 507 g/mol. The fraction of sp³-hybridized carbons (Fsp3) is 0.500. The average molecular weight is 508 g/mol. The number of benzene rings is 1. The smallest absolute Gasteiger partial charge is 0.426 e. The highest BCUT2D eigenvalue weighted by Gasteiger charge is 2.44. The molecule has 1 atom stereocenters. The number of piperazine rings is 1. The van der Waals surface area contributed by atoms with Crippen molar-refractivity contribution in [3.63, 3.8) is 0 Å². The van der Waals surface area contributed by atoms with Crippen LogP contribution in [-0.4, -0.2) is 98.4 Å². The second-order valence-electron chi connectivity index (χ2n) is 7.58. The average Bonchev–Trinajstić information content (AvgIpc) is 2.79. The summed E-state index contributed by atoms with van der Waals surface area (Å²) in [6, 6.07) is 5.89. The normalized spacial score (nSPS) is 21.6. The Kier molecular flexibility index (Phi) is 7.73. The van der Waals surface area contributed by atoms with Crippen molar-refractivity contribution in [2.45, 2.75) is 12.6 Å². The molecule has 0 aromatic heterocycles. The van der Waals surface area contributed by atoms with E-state index in [4.69, 9.17) is 9.94 Å². The van der Waals surface area contributed by atoms with Crippen LogP contribution >= 0.6 is 0 Å². The summed E-state index contributed by atoms with van der Waals surface area (Å²) in [4.78, 5) is 11.6. The van der Waals surface area contributed by atoms with Crippen LogP contribution in [0.5, 0.6) is 0 Å². The van der Waals surface area contributed by atoms with Crippen LogP contribution in [0.15, 0.2) is 30.3 Å². The van der Waals surface area contributed by atoms with Crippen LogP contribution in [0.2, 0.25) is 0 Å². The predicted octanol–water partition coefficient (Wildman–Crippen LogP) is 0.0251. The summed E-state index contributed by atoms with van der Waals surface area (Å²) in [6.07, 6.45) is -0.714. The summed E-state index contributed by atoms with van der Waals surface area (Å²) in [5, 5.41) is 8.80. The molecule has 1 saturated heterocycles. The van der Waals surface area contributed by atoms with Gasteiger partial charge in [-0.1, -0.05) is 18.2 Å². The molecule has 0 spiro atoms. The second kappa shape index (κ2) is 10.0. The van der Waals surface area contributed by atoms with E-state index in [9.17, 15) is 26.0 Å². The Hall–Kier alpha value is -2.14. The quantitative estimate of drug-likeness (QED) is 0.409. The van der Waals surface area contributed by atoms with Gasteiger partial charge >= 0.3 is 6.09 Å². The Labute approximate surface area is 192 Å². The second-order valence-corrected chi connectivity index (χ2v) is 11.6. The van der Waals surface area contributed by atoms with Crippen molar-refractivity contribution in [2.24, 2.45) is 0 Å². The van der Waals surface area contributed by atoms with Crippen LogP contribution in [0.4, 0.5) is 9.18 Å². The van der Waals surface area contributed by atoms with Gasteiger partial charge in [-0.15, -0.1) is 4.31 Å². The first kappa shape index (κ1) is 25.5. The molecule has 3 rings (SSSR count). The minimum absolute atomic E-state index is 0.0319. The van der Waals surface area contributed by atoms with E-state index in [2.05, 4.69) is 0 Å². The third-order valence-corrected chi connectivity index (χ3v) is 9.28. The van der Waals surface area contributed by atoms with E-state index in [-0.39, 0.29) is 32.0 Å². The fourth-order valence-electron chi connectivity index (χ4n) is 3.60. The lowest BCUT2D eigenvalue weighted by Crippen LogP contribution is -2.62. The minimum atomic E-state index is -4.15. The van der Waals surface area contributed by atoms with Crippen LogP contribution in [0.3, 0.4) is 0 Å². The number of halogens is 1. The summed E-state index contributed by atoms with van der Waals surface area (Å²) >= 11 is 0. The summed E-state index contributed by atoms with van der Waals surface area (Å²) in [5.41, 5.74) is 2.92. The number of ether oxygens (including phenoxy) is 1. The van der Waals surface area contributed by atoms with Crippen molar-refractivity contribution in [3.8, 4) is 0 Å². The van der Waals surface area contributed by atoms with Gasteiger partial charge in [-0.2, -0.15) is 29.8 Å². The number of hydrogen-bond acceptors (Lipinski definition) is 7. The largest absolute Gasteiger partial charge is 0.432 e. The molecule has 1 amide bonds. The van der Waals surface area contributed by atoms with Gasteiger partial charge in [0, 0.05) is 40.3 Å². The zero-order valence-corrected chi connectivity index (χ0v) is 19.7. The molecule has 15 heteroatoms. The zero-order chi connectivity index (χ0) is 24.4. The van der Waals surface area contributed by atoms with E-state index >= 15 is 0 Å². The molecule has 0 aliphatic carbocycles. The van der Waals surface area contributed by atoms with Crippen LogP contribution < -0.4 is 5.48 Å². The SMILES string of the molecule is CN(C)S(=O)(=O)N1CCN(S(=O)(=O)N2CC=C(c3ccc(F)cc3)CC2)[C@H](OC(=O)NO)C1. The summed E-state index contributed by atoms with van der Waals surface area (Å²) in [5.74, 6) is -0.368. The van der Waals surface area contributed by atoms with Gasteiger partial charge in [0.25, 0.3) is 20.4 Å². The Balaban J connectivity index is 1.80. The number of hydroxylamine groups is 1. The molecule has 0 radical (unpaired) electrons. The van der Waals surface area contributed by atoms with Crippen LogP contribution in [0.25, 0.3) is 5.57 Å². The molecule has 1 fully saturated rings. The van der Waals surface area contributed by atoms with E-state index in [1.807, 2.05) is 0 Å². The summed E-state index contributed by atoms with van der Waals surface area (Å²) in [6.45, 7) is -0.697. The van der Waals surface area contributed by atoms with Crippen LogP contribution in [0, 0.1) is 5.82 Å². The first-order valence-corrected chi connectivity index (χ1v) is 12.8. The lowest BCUT2D eigenvalue weighted by atomic mass is 10.0. The van der Waals surface area contributed by atoms with Crippen LogP contribution in [0.1, 0.15) is 12.0 Å². The van der Waals surface area contributed by atoms with E-state index in [1.54, 1.807) is 18.2 Å². The van der Waals surface area contributed by atoms with E-state index in [1.165, 1.54) is 36.0 Å². The van der Waals surface area contributed by atoms with Gasteiger partial charge < -0.3 is 4.74 Å². The highest BCUT2D eigenvalue weighted by molar-refractivity contribution is 7.87. The number of carbonyl (C=O) groups is 1. The van der Waals surface area contributed by atoms with Crippen molar-refractivity contribution < 1.29 is 36.0 Å². The standard InChI is InChI=1S/C18H26FN5O7S2/c1-21(2)32(27,28)23-11-12-24(17(13-23)31-18(25)20-26)33(29,30)22-9-7-15(8-10-22)14-3-5-16(19)6-4-14/h3-7,17,26H,8-13H2,1-2H3,(H,20,25)/t17-/m1/s1. The van der Waals surface area contributed by atoms with Crippen molar-refractivity contribution in [1.29, 1.82) is 0 Å². The van der Waals surface area contributed by atoms with Gasteiger partial charge in [0.2, 0.25) is 0 Å². The number of hydrogen-bond donors (Lipinski definition) is 2.